The van der Waals surface area contributed by atoms with Gasteiger partial charge in [0, 0.05) is 38.5 Å². The molecule has 0 aliphatic carbocycles. The Kier molecular flexibility index (Phi) is 16.2. The minimum atomic E-state index is -3.46. The van der Waals surface area contributed by atoms with E-state index < -0.39 is 6.11 Å². The second-order valence-corrected chi connectivity index (χ2v) is 12.3. The molecule has 1 nitrogen and oxygen atoms in total. The van der Waals surface area contributed by atoms with Gasteiger partial charge in [0.15, 0.2) is 0 Å². The van der Waals surface area contributed by atoms with Crippen LogP contribution < -0.4 is 4.74 Å². The summed E-state index contributed by atoms with van der Waals surface area (Å²) in [6, 6.07) is 20.2. The molecule has 0 amide bonds. The Morgan fingerprint density at radius 1 is 0.500 bits per heavy atom. The maximum absolute atomic E-state index is 16.2. The predicted molar refractivity (Wildman–Crippen MR) is 198 cm³/mol. The molecular weight excluding hydrogens is 671 g/mol. The first-order valence-electron chi connectivity index (χ1n) is 17.7. The Labute approximate surface area is 316 Å². The molecule has 48 heavy (non-hydrogen) atoms. The van der Waals surface area contributed by atoms with Crippen LogP contribution in [0.25, 0.3) is 22.3 Å². The molecule has 0 saturated carbocycles. The average Bonchev–Trinajstić information content (AvgIpc) is 3.08. The van der Waals surface area contributed by atoms with Gasteiger partial charge in [0.1, 0.15) is 0 Å². The van der Waals surface area contributed by atoms with E-state index in [2.05, 4.69) is 65.0 Å². The van der Waals surface area contributed by atoms with Gasteiger partial charge in [-0.25, -0.2) is 0 Å². The zero-order valence-electron chi connectivity index (χ0n) is 31.2. The van der Waals surface area contributed by atoms with Crippen LogP contribution in [0.4, 0.5) is 8.78 Å². The van der Waals surface area contributed by atoms with Gasteiger partial charge in [0.2, 0.25) is 0 Å². The van der Waals surface area contributed by atoms with Crippen molar-refractivity contribution < 1.29 is 46.2 Å². The SMILES string of the molecule is CCc1[c-]c(CC)cc(OC(F)(F)c2c(CC)cc(-c3c(CC)cc(-c4c(CC)cc(CC)cc4CC)cc3CC)cc2CC)c1.[CH3-].[Y]. The molecular formula is C44H56F2OY-2. The maximum atomic E-state index is 16.2. The monoisotopic (exact) mass is 727 g/mol. The third-order valence-electron chi connectivity index (χ3n) is 9.49. The number of halogens is 2. The van der Waals surface area contributed by atoms with Crippen molar-refractivity contribution in [2.24, 2.45) is 0 Å². The van der Waals surface area contributed by atoms with Gasteiger partial charge in [0.25, 0.3) is 0 Å². The molecule has 4 aromatic carbocycles. The Balaban J connectivity index is 0.00000400. The maximum Gasteiger partial charge on any atom is 0.425 e. The smallest absolute Gasteiger partial charge is 0.425 e. The minimum Gasteiger partial charge on any atom is -0.456 e. The molecule has 0 heterocycles. The van der Waals surface area contributed by atoms with Crippen LogP contribution in [0.1, 0.15) is 118 Å². The van der Waals surface area contributed by atoms with Crippen LogP contribution in [0.5, 0.6) is 5.75 Å². The third-order valence-corrected chi connectivity index (χ3v) is 9.49. The van der Waals surface area contributed by atoms with Crippen molar-refractivity contribution in [2.75, 3.05) is 0 Å². The van der Waals surface area contributed by atoms with Crippen molar-refractivity contribution in [1.82, 2.24) is 0 Å². The van der Waals surface area contributed by atoms with Gasteiger partial charge in [-0.2, -0.15) is 26.0 Å². The molecule has 0 N–H and O–H groups in total. The molecule has 0 unspecified atom stereocenters. The zero-order chi connectivity index (χ0) is 33.6. The largest absolute Gasteiger partial charge is 0.456 e. The number of hydrogen-bond acceptors (Lipinski definition) is 1. The van der Waals surface area contributed by atoms with Crippen LogP contribution in [-0.4, -0.2) is 0 Å². The van der Waals surface area contributed by atoms with E-state index in [4.69, 9.17) is 4.74 Å². The summed E-state index contributed by atoms with van der Waals surface area (Å²) in [4.78, 5) is 0. The van der Waals surface area contributed by atoms with Crippen LogP contribution in [0.2, 0.25) is 0 Å². The van der Waals surface area contributed by atoms with Gasteiger partial charge in [-0.05, 0) is 106 Å². The van der Waals surface area contributed by atoms with Gasteiger partial charge in [0.05, 0.1) is 5.56 Å². The van der Waals surface area contributed by atoms with Crippen molar-refractivity contribution >= 4 is 0 Å². The van der Waals surface area contributed by atoms with Crippen molar-refractivity contribution in [3.63, 3.8) is 0 Å². The molecule has 0 fully saturated rings. The Hall–Kier alpha value is -2.36. The van der Waals surface area contributed by atoms with Gasteiger partial charge < -0.3 is 12.2 Å². The normalized spacial score (nSPS) is 11.2. The van der Waals surface area contributed by atoms with Gasteiger partial charge in [-0.15, -0.1) is 12.1 Å². The number of aryl methyl sites for hydroxylation is 9. The van der Waals surface area contributed by atoms with Crippen LogP contribution in [0.3, 0.4) is 0 Å². The van der Waals surface area contributed by atoms with E-state index in [1.54, 1.807) is 12.1 Å². The first kappa shape index (κ1) is 41.8. The molecule has 0 spiro atoms. The number of alkyl halides is 2. The second-order valence-electron chi connectivity index (χ2n) is 12.3. The fourth-order valence-corrected chi connectivity index (χ4v) is 6.96. The summed E-state index contributed by atoms with van der Waals surface area (Å²) in [5.74, 6) is 0.202. The molecule has 0 saturated heterocycles. The van der Waals surface area contributed by atoms with Crippen molar-refractivity contribution in [2.45, 2.75) is 126 Å². The Bertz CT molecular complexity index is 1570. The quantitative estimate of drug-likeness (QED) is 0.118. The van der Waals surface area contributed by atoms with Crippen LogP contribution >= 0.6 is 0 Å². The van der Waals surface area contributed by atoms with Crippen LogP contribution in [0, 0.1) is 13.5 Å². The van der Waals surface area contributed by atoms with E-state index in [0.717, 1.165) is 48.8 Å². The van der Waals surface area contributed by atoms with E-state index in [1.165, 1.54) is 44.5 Å². The molecule has 4 aromatic rings. The number of ether oxygens (including phenoxy) is 1. The second kappa shape index (κ2) is 18.6. The molecule has 0 bridgehead atoms. The summed E-state index contributed by atoms with van der Waals surface area (Å²) in [5.41, 5.74) is 14.6. The van der Waals surface area contributed by atoms with Crippen molar-refractivity contribution in [3.05, 3.63) is 118 Å². The Morgan fingerprint density at radius 2 is 0.854 bits per heavy atom. The number of rotatable bonds is 14. The zero-order valence-corrected chi connectivity index (χ0v) is 34.1. The summed E-state index contributed by atoms with van der Waals surface area (Å²) >= 11 is 0. The molecule has 257 valence electrons. The molecule has 4 heteroatoms. The fraction of sp³-hybridized carbons (Fsp3) is 0.432. The van der Waals surface area contributed by atoms with E-state index in [9.17, 15) is 0 Å². The summed E-state index contributed by atoms with van der Waals surface area (Å²) in [6.45, 7) is 19.1. The van der Waals surface area contributed by atoms with Gasteiger partial charge in [-0.1, -0.05) is 112 Å². The van der Waals surface area contributed by atoms with Gasteiger partial charge in [-0.3, -0.25) is 0 Å². The third kappa shape index (κ3) is 8.86. The van der Waals surface area contributed by atoms with Crippen LogP contribution in [0.15, 0.2) is 48.5 Å². The average molecular weight is 728 g/mol. The fourth-order valence-electron chi connectivity index (χ4n) is 6.96. The first-order chi connectivity index (χ1) is 22.1. The topological polar surface area (TPSA) is 9.23 Å². The van der Waals surface area contributed by atoms with E-state index in [1.807, 2.05) is 39.8 Å². The Morgan fingerprint density at radius 3 is 1.19 bits per heavy atom. The van der Waals surface area contributed by atoms with E-state index in [0.29, 0.717) is 36.8 Å². The number of benzene rings is 4. The van der Waals surface area contributed by atoms with Gasteiger partial charge >= 0.3 is 6.11 Å². The summed E-state index contributed by atoms with van der Waals surface area (Å²) in [6.07, 6.45) is 3.67. The molecule has 0 aliphatic rings. The van der Waals surface area contributed by atoms with Crippen molar-refractivity contribution in [3.8, 4) is 28.0 Å². The standard InChI is InChI=1S/C43H53F2O.CH3.Y/c1-10-28-19-29(11-2)23-39(22-28)46-43(44,45)42-35(17-8)26-38(27-36(42)18-9)41-33(15-6)24-37(25-34(41)16-7)40-31(13-4)20-30(12-3)21-32(40)14-5;;/h20-27H,10-18H2,1-9H3;1H3;/q2*-1;. The number of hydrogen-bond donors (Lipinski definition) is 0. The summed E-state index contributed by atoms with van der Waals surface area (Å²) < 4.78 is 38.0. The first-order valence-corrected chi connectivity index (χ1v) is 17.7. The molecule has 4 rings (SSSR count). The predicted octanol–water partition coefficient (Wildman–Crippen LogP) is 12.5. The van der Waals surface area contributed by atoms with E-state index in [-0.39, 0.29) is 51.4 Å². The van der Waals surface area contributed by atoms with Crippen molar-refractivity contribution in [1.29, 1.82) is 0 Å². The van der Waals surface area contributed by atoms with Crippen LogP contribution in [-0.2, 0) is 96.6 Å². The van der Waals surface area contributed by atoms with E-state index >= 15 is 8.78 Å². The molecule has 0 atom stereocenters. The molecule has 0 aromatic heterocycles. The molecule has 0 aliphatic heterocycles. The summed E-state index contributed by atoms with van der Waals surface area (Å²) in [7, 11) is 0. The molecule has 1 radical (unpaired) electrons. The minimum absolute atomic E-state index is 0. The summed E-state index contributed by atoms with van der Waals surface area (Å²) in [5, 5.41) is 0.